The Labute approximate surface area is 120 Å². The highest BCUT2D eigenvalue weighted by atomic mass is 19.3. The Hall–Kier alpha value is -1.76. The quantitative estimate of drug-likeness (QED) is 0.909. The number of rotatable bonds is 5. The second-order valence-electron chi connectivity index (χ2n) is 4.73. The summed E-state index contributed by atoms with van der Waals surface area (Å²) in [7, 11) is 0. The molecule has 0 spiro atoms. The first-order valence-corrected chi connectivity index (χ1v) is 6.65. The molecule has 0 radical (unpaired) electrons. The molecular weight excluding hydrogens is 287 g/mol. The molecule has 1 saturated heterocycles. The van der Waals surface area contributed by atoms with Gasteiger partial charge in [0.05, 0.1) is 12.5 Å². The minimum Gasteiger partial charge on any atom is -0.434 e. The first-order valence-electron chi connectivity index (χ1n) is 6.65. The van der Waals surface area contributed by atoms with E-state index in [1.165, 1.54) is 12.1 Å². The molecule has 1 heterocycles. The Kier molecular flexibility index (Phi) is 5.44. The molecule has 116 valence electrons. The van der Waals surface area contributed by atoms with Crippen LogP contribution in [0.25, 0.3) is 0 Å². The van der Waals surface area contributed by atoms with E-state index in [1.807, 2.05) is 0 Å². The summed E-state index contributed by atoms with van der Waals surface area (Å²) in [6, 6.07) is 3.64. The monoisotopic (exact) mass is 303 g/mol. The van der Waals surface area contributed by atoms with Crippen LogP contribution in [0.5, 0.6) is 5.75 Å². The van der Waals surface area contributed by atoms with Crippen molar-refractivity contribution in [1.82, 2.24) is 5.32 Å². The predicted molar refractivity (Wildman–Crippen MR) is 68.4 cm³/mol. The van der Waals surface area contributed by atoms with Crippen LogP contribution in [-0.2, 0) is 16.1 Å². The Morgan fingerprint density at radius 1 is 1.48 bits per heavy atom. The van der Waals surface area contributed by atoms with E-state index >= 15 is 0 Å². The number of carbonyl (C=O) groups is 1. The third-order valence-corrected chi connectivity index (χ3v) is 3.26. The summed E-state index contributed by atoms with van der Waals surface area (Å²) in [5, 5.41) is 2.54. The summed E-state index contributed by atoms with van der Waals surface area (Å²) >= 11 is 0. The van der Waals surface area contributed by atoms with Gasteiger partial charge in [0, 0.05) is 18.7 Å². The van der Waals surface area contributed by atoms with Crippen LogP contribution in [0.1, 0.15) is 18.4 Å². The van der Waals surface area contributed by atoms with Gasteiger partial charge in [0.25, 0.3) is 0 Å². The van der Waals surface area contributed by atoms with Gasteiger partial charge in [0.2, 0.25) is 5.91 Å². The number of alkyl halides is 2. The number of benzene rings is 1. The van der Waals surface area contributed by atoms with Gasteiger partial charge in [-0.25, -0.2) is 4.39 Å². The van der Waals surface area contributed by atoms with E-state index in [-0.39, 0.29) is 29.7 Å². The Morgan fingerprint density at radius 2 is 2.29 bits per heavy atom. The fourth-order valence-electron chi connectivity index (χ4n) is 2.18. The van der Waals surface area contributed by atoms with E-state index in [2.05, 4.69) is 10.1 Å². The van der Waals surface area contributed by atoms with Crippen molar-refractivity contribution < 1.29 is 27.4 Å². The lowest BCUT2D eigenvalue weighted by Crippen LogP contribution is -2.35. The van der Waals surface area contributed by atoms with Crippen LogP contribution in [0.2, 0.25) is 0 Å². The standard InChI is InChI=1S/C14H16F3NO3/c15-11-4-1-5-12(21-14(16)17)10(11)7-18-13(19)9-3-2-6-20-8-9/h1,4-5,9,14H,2-3,6-8H2,(H,18,19)/t9-/m1/s1. The lowest BCUT2D eigenvalue weighted by molar-refractivity contribution is -0.129. The van der Waals surface area contributed by atoms with Crippen molar-refractivity contribution in [2.75, 3.05) is 13.2 Å². The molecule has 1 amide bonds. The molecule has 0 unspecified atom stereocenters. The maximum absolute atomic E-state index is 13.7. The number of nitrogens with one attached hydrogen (secondary N) is 1. The predicted octanol–water partition coefficient (Wildman–Crippen LogP) is 2.47. The van der Waals surface area contributed by atoms with Crippen molar-refractivity contribution in [1.29, 1.82) is 0 Å². The van der Waals surface area contributed by atoms with Crippen LogP contribution in [0.4, 0.5) is 13.2 Å². The Balaban J connectivity index is 2.00. The first kappa shape index (κ1) is 15.6. The van der Waals surface area contributed by atoms with Crippen LogP contribution in [0, 0.1) is 11.7 Å². The normalized spacial score (nSPS) is 18.6. The lowest BCUT2D eigenvalue weighted by atomic mass is 10.0. The fraction of sp³-hybridized carbons (Fsp3) is 0.500. The van der Waals surface area contributed by atoms with E-state index in [1.54, 1.807) is 0 Å². The zero-order valence-electron chi connectivity index (χ0n) is 11.3. The van der Waals surface area contributed by atoms with E-state index in [9.17, 15) is 18.0 Å². The van der Waals surface area contributed by atoms with Gasteiger partial charge in [-0.15, -0.1) is 0 Å². The van der Waals surface area contributed by atoms with E-state index in [0.29, 0.717) is 19.6 Å². The minimum absolute atomic E-state index is 0.0946. The molecule has 0 aromatic heterocycles. The summed E-state index contributed by atoms with van der Waals surface area (Å²) < 4.78 is 47.7. The molecule has 0 aliphatic carbocycles. The average Bonchev–Trinajstić information content (AvgIpc) is 2.46. The highest BCUT2D eigenvalue weighted by Gasteiger charge is 2.22. The van der Waals surface area contributed by atoms with E-state index < -0.39 is 12.4 Å². The smallest absolute Gasteiger partial charge is 0.387 e. The minimum atomic E-state index is -3.05. The summed E-state index contributed by atoms with van der Waals surface area (Å²) in [5.74, 6) is -1.54. The molecular formula is C14H16F3NO3. The second-order valence-corrected chi connectivity index (χ2v) is 4.73. The number of hydrogen-bond acceptors (Lipinski definition) is 3. The molecule has 1 fully saturated rings. The third-order valence-electron chi connectivity index (χ3n) is 3.26. The van der Waals surface area contributed by atoms with Crippen LogP contribution in [-0.4, -0.2) is 25.7 Å². The first-order chi connectivity index (χ1) is 10.1. The molecule has 1 aromatic carbocycles. The van der Waals surface area contributed by atoms with Crippen molar-refractivity contribution >= 4 is 5.91 Å². The average molecular weight is 303 g/mol. The van der Waals surface area contributed by atoms with Crippen molar-refractivity contribution in [3.8, 4) is 5.75 Å². The van der Waals surface area contributed by atoms with Gasteiger partial charge in [-0.3, -0.25) is 4.79 Å². The summed E-state index contributed by atoms with van der Waals surface area (Å²) in [6.45, 7) is -2.30. The maximum Gasteiger partial charge on any atom is 0.387 e. The van der Waals surface area contributed by atoms with Gasteiger partial charge >= 0.3 is 6.61 Å². The van der Waals surface area contributed by atoms with Crippen LogP contribution >= 0.6 is 0 Å². The van der Waals surface area contributed by atoms with Crippen molar-refractivity contribution in [2.45, 2.75) is 26.0 Å². The van der Waals surface area contributed by atoms with Crippen molar-refractivity contribution in [3.05, 3.63) is 29.6 Å². The van der Waals surface area contributed by atoms with Gasteiger partial charge in [0.1, 0.15) is 11.6 Å². The molecule has 1 atom stereocenters. The highest BCUT2D eigenvalue weighted by Crippen LogP contribution is 2.23. The summed E-state index contributed by atoms with van der Waals surface area (Å²) in [6.07, 6.45) is 1.49. The Morgan fingerprint density at radius 3 is 2.95 bits per heavy atom. The number of amides is 1. The number of hydrogen-bond donors (Lipinski definition) is 1. The summed E-state index contributed by atoms with van der Waals surface area (Å²) in [5.41, 5.74) is -0.0946. The number of ether oxygens (including phenoxy) is 2. The molecule has 1 N–H and O–H groups in total. The highest BCUT2D eigenvalue weighted by molar-refractivity contribution is 5.78. The van der Waals surface area contributed by atoms with Crippen molar-refractivity contribution in [2.24, 2.45) is 5.92 Å². The molecule has 0 saturated carbocycles. The maximum atomic E-state index is 13.7. The van der Waals surface area contributed by atoms with Crippen LogP contribution < -0.4 is 10.1 Å². The van der Waals surface area contributed by atoms with Gasteiger partial charge in [0.15, 0.2) is 0 Å². The molecule has 1 aliphatic heterocycles. The van der Waals surface area contributed by atoms with Crippen LogP contribution in [0.15, 0.2) is 18.2 Å². The molecule has 21 heavy (non-hydrogen) atoms. The molecule has 7 heteroatoms. The van der Waals surface area contributed by atoms with Crippen molar-refractivity contribution in [3.63, 3.8) is 0 Å². The largest absolute Gasteiger partial charge is 0.434 e. The van der Waals surface area contributed by atoms with Gasteiger partial charge < -0.3 is 14.8 Å². The van der Waals surface area contributed by atoms with E-state index in [4.69, 9.17) is 4.74 Å². The number of halogens is 3. The van der Waals surface area contributed by atoms with Gasteiger partial charge in [-0.1, -0.05) is 6.07 Å². The topological polar surface area (TPSA) is 47.6 Å². The Bertz CT molecular complexity index is 490. The lowest BCUT2D eigenvalue weighted by Gasteiger charge is -2.21. The molecule has 1 aliphatic rings. The molecule has 0 bridgehead atoms. The molecule has 2 rings (SSSR count). The third kappa shape index (κ3) is 4.35. The molecule has 4 nitrogen and oxygen atoms in total. The van der Waals surface area contributed by atoms with Gasteiger partial charge in [-0.2, -0.15) is 8.78 Å². The molecule has 1 aromatic rings. The van der Waals surface area contributed by atoms with Gasteiger partial charge in [-0.05, 0) is 25.0 Å². The second kappa shape index (κ2) is 7.31. The summed E-state index contributed by atoms with van der Waals surface area (Å²) in [4.78, 5) is 11.9. The fourth-order valence-corrected chi connectivity index (χ4v) is 2.18. The zero-order valence-corrected chi connectivity index (χ0v) is 11.3. The van der Waals surface area contributed by atoms with E-state index in [0.717, 1.165) is 12.5 Å². The zero-order chi connectivity index (χ0) is 15.2. The number of carbonyl (C=O) groups excluding carboxylic acids is 1. The SMILES string of the molecule is O=C(NCc1c(F)cccc1OC(F)F)[C@@H]1CCCOC1. The van der Waals surface area contributed by atoms with Crippen LogP contribution in [0.3, 0.4) is 0 Å².